The highest BCUT2D eigenvalue weighted by atomic mass is 32.2. The third-order valence-electron chi connectivity index (χ3n) is 2.11. The van der Waals surface area contributed by atoms with E-state index in [0.717, 1.165) is 35.3 Å². The van der Waals surface area contributed by atoms with Gasteiger partial charge in [-0.05, 0) is 18.6 Å². The van der Waals surface area contributed by atoms with Crippen molar-refractivity contribution in [2.24, 2.45) is 0 Å². The van der Waals surface area contributed by atoms with Crippen molar-refractivity contribution in [3.05, 3.63) is 36.5 Å². The second-order valence-electron chi connectivity index (χ2n) is 3.54. The number of anilines is 1. The largest absolute Gasteiger partial charge is 0.468 e. The number of hydrogen-bond acceptors (Lipinski definition) is 5. The normalized spacial score (nSPS) is 10.4. The highest BCUT2D eigenvalue weighted by Gasteiger charge is 2.01. The summed E-state index contributed by atoms with van der Waals surface area (Å²) in [4.78, 5) is 8.62. The van der Waals surface area contributed by atoms with E-state index in [0.29, 0.717) is 0 Å². The number of thioether (sulfide) groups is 1. The molecule has 0 aliphatic rings. The van der Waals surface area contributed by atoms with Gasteiger partial charge in [-0.15, -0.1) is 0 Å². The van der Waals surface area contributed by atoms with Crippen LogP contribution in [0.3, 0.4) is 0 Å². The molecular formula is C12H15N3OS. The SMILES string of the molecule is CCCNc1cncc(SCc2ccco2)n1. The van der Waals surface area contributed by atoms with Crippen molar-refractivity contribution in [2.75, 3.05) is 11.9 Å². The zero-order chi connectivity index (χ0) is 11.9. The van der Waals surface area contributed by atoms with Crippen LogP contribution in [-0.2, 0) is 5.75 Å². The first-order valence-corrected chi connectivity index (χ1v) is 6.58. The van der Waals surface area contributed by atoms with Crippen LogP contribution in [-0.4, -0.2) is 16.5 Å². The summed E-state index contributed by atoms with van der Waals surface area (Å²) < 4.78 is 5.27. The molecule has 0 aromatic carbocycles. The van der Waals surface area contributed by atoms with Gasteiger partial charge in [-0.3, -0.25) is 4.98 Å². The molecule has 0 saturated carbocycles. The summed E-state index contributed by atoms with van der Waals surface area (Å²) in [5.41, 5.74) is 0. The molecule has 0 atom stereocenters. The van der Waals surface area contributed by atoms with Crippen LogP contribution >= 0.6 is 11.8 Å². The molecule has 0 unspecified atom stereocenters. The van der Waals surface area contributed by atoms with Crippen molar-refractivity contribution in [2.45, 2.75) is 24.1 Å². The fourth-order valence-corrected chi connectivity index (χ4v) is 2.05. The van der Waals surface area contributed by atoms with Crippen molar-refractivity contribution in [3.8, 4) is 0 Å². The molecule has 2 aromatic heterocycles. The number of hydrogen-bond donors (Lipinski definition) is 1. The first kappa shape index (κ1) is 12.0. The van der Waals surface area contributed by atoms with Crippen molar-refractivity contribution in [1.29, 1.82) is 0 Å². The van der Waals surface area contributed by atoms with Crippen LogP contribution in [0.15, 0.2) is 40.2 Å². The molecule has 2 rings (SSSR count). The van der Waals surface area contributed by atoms with Crippen LogP contribution in [0, 0.1) is 0 Å². The summed E-state index contributed by atoms with van der Waals surface area (Å²) >= 11 is 1.62. The van der Waals surface area contributed by atoms with Gasteiger partial charge in [0.15, 0.2) is 0 Å². The van der Waals surface area contributed by atoms with Gasteiger partial charge in [0.05, 0.1) is 24.4 Å². The Labute approximate surface area is 105 Å². The summed E-state index contributed by atoms with van der Waals surface area (Å²) in [6.07, 6.45) is 6.27. The zero-order valence-electron chi connectivity index (χ0n) is 9.72. The Kier molecular flexibility index (Phi) is 4.44. The minimum absolute atomic E-state index is 0.777. The molecule has 1 N–H and O–H groups in total. The van der Waals surface area contributed by atoms with E-state index in [-0.39, 0.29) is 0 Å². The standard InChI is InChI=1S/C12H15N3OS/c1-2-5-14-11-7-13-8-12(15-11)17-9-10-4-3-6-16-10/h3-4,6-8H,2,5,9H2,1H3,(H,14,15). The Bertz CT molecular complexity index is 445. The molecule has 0 radical (unpaired) electrons. The Hall–Kier alpha value is -1.49. The van der Waals surface area contributed by atoms with Crippen LogP contribution in [0.5, 0.6) is 0 Å². The summed E-state index contributed by atoms with van der Waals surface area (Å²) in [6.45, 7) is 3.04. The lowest BCUT2D eigenvalue weighted by atomic mass is 10.5. The lowest BCUT2D eigenvalue weighted by molar-refractivity contribution is 0.530. The average molecular weight is 249 g/mol. The molecule has 2 heterocycles. The molecule has 0 fully saturated rings. The third-order valence-corrected chi connectivity index (χ3v) is 3.03. The van der Waals surface area contributed by atoms with E-state index < -0.39 is 0 Å². The molecule has 5 heteroatoms. The van der Waals surface area contributed by atoms with Gasteiger partial charge in [-0.25, -0.2) is 4.98 Å². The molecule has 0 aliphatic heterocycles. The molecule has 0 aliphatic carbocycles. The smallest absolute Gasteiger partial charge is 0.145 e. The van der Waals surface area contributed by atoms with E-state index in [2.05, 4.69) is 22.2 Å². The maximum Gasteiger partial charge on any atom is 0.145 e. The topological polar surface area (TPSA) is 51.0 Å². The third kappa shape index (κ3) is 3.78. The Morgan fingerprint density at radius 2 is 2.35 bits per heavy atom. The van der Waals surface area contributed by atoms with Gasteiger partial charge in [0, 0.05) is 6.54 Å². The van der Waals surface area contributed by atoms with Crippen LogP contribution in [0.4, 0.5) is 5.82 Å². The van der Waals surface area contributed by atoms with Crippen molar-refractivity contribution in [1.82, 2.24) is 9.97 Å². The van der Waals surface area contributed by atoms with Gasteiger partial charge in [0.2, 0.25) is 0 Å². The molecular weight excluding hydrogens is 234 g/mol. The summed E-state index contributed by atoms with van der Waals surface area (Å²) in [6, 6.07) is 3.85. The maximum atomic E-state index is 5.27. The van der Waals surface area contributed by atoms with Gasteiger partial charge in [0.1, 0.15) is 16.6 Å². The van der Waals surface area contributed by atoms with Gasteiger partial charge in [-0.2, -0.15) is 0 Å². The number of rotatable bonds is 6. The molecule has 90 valence electrons. The quantitative estimate of drug-likeness (QED) is 0.797. The van der Waals surface area contributed by atoms with Gasteiger partial charge in [-0.1, -0.05) is 18.7 Å². The van der Waals surface area contributed by atoms with Crippen LogP contribution in [0.1, 0.15) is 19.1 Å². The van der Waals surface area contributed by atoms with Crippen molar-refractivity contribution >= 4 is 17.6 Å². The molecule has 0 amide bonds. The highest BCUT2D eigenvalue weighted by molar-refractivity contribution is 7.98. The molecule has 0 bridgehead atoms. The Morgan fingerprint density at radius 3 is 3.12 bits per heavy atom. The monoisotopic (exact) mass is 249 g/mol. The zero-order valence-corrected chi connectivity index (χ0v) is 10.5. The van der Waals surface area contributed by atoms with E-state index in [1.807, 2.05) is 12.1 Å². The number of furan rings is 1. The molecule has 2 aromatic rings. The van der Waals surface area contributed by atoms with E-state index >= 15 is 0 Å². The minimum atomic E-state index is 0.777. The van der Waals surface area contributed by atoms with E-state index in [1.54, 1.807) is 30.4 Å². The summed E-state index contributed by atoms with van der Waals surface area (Å²) in [7, 11) is 0. The van der Waals surface area contributed by atoms with E-state index in [1.165, 1.54) is 0 Å². The Morgan fingerprint density at radius 1 is 1.41 bits per heavy atom. The number of nitrogens with zero attached hydrogens (tertiary/aromatic N) is 2. The molecule has 4 nitrogen and oxygen atoms in total. The van der Waals surface area contributed by atoms with Gasteiger partial charge in [0.25, 0.3) is 0 Å². The fraction of sp³-hybridized carbons (Fsp3) is 0.333. The van der Waals surface area contributed by atoms with Crippen LogP contribution < -0.4 is 5.32 Å². The number of aromatic nitrogens is 2. The highest BCUT2D eigenvalue weighted by Crippen LogP contribution is 2.21. The lowest BCUT2D eigenvalue weighted by Crippen LogP contribution is -2.02. The Balaban J connectivity index is 1.91. The minimum Gasteiger partial charge on any atom is -0.468 e. The van der Waals surface area contributed by atoms with Crippen molar-refractivity contribution < 1.29 is 4.42 Å². The predicted octanol–water partition coefficient (Wildman–Crippen LogP) is 3.18. The average Bonchev–Trinajstić information content (AvgIpc) is 2.87. The predicted molar refractivity (Wildman–Crippen MR) is 69.1 cm³/mol. The second kappa shape index (κ2) is 6.30. The van der Waals surface area contributed by atoms with Gasteiger partial charge < -0.3 is 9.73 Å². The second-order valence-corrected chi connectivity index (χ2v) is 4.53. The molecule has 0 saturated heterocycles. The lowest BCUT2D eigenvalue weighted by Gasteiger charge is -2.04. The van der Waals surface area contributed by atoms with Crippen LogP contribution in [0.2, 0.25) is 0 Å². The maximum absolute atomic E-state index is 5.27. The van der Waals surface area contributed by atoms with E-state index in [9.17, 15) is 0 Å². The van der Waals surface area contributed by atoms with Crippen molar-refractivity contribution in [3.63, 3.8) is 0 Å². The van der Waals surface area contributed by atoms with E-state index in [4.69, 9.17) is 4.42 Å². The van der Waals surface area contributed by atoms with Crippen LogP contribution in [0.25, 0.3) is 0 Å². The molecule has 0 spiro atoms. The summed E-state index contributed by atoms with van der Waals surface area (Å²) in [5.74, 6) is 2.55. The first-order valence-electron chi connectivity index (χ1n) is 5.59. The molecule has 17 heavy (non-hydrogen) atoms. The van der Waals surface area contributed by atoms with Gasteiger partial charge >= 0.3 is 0 Å². The summed E-state index contributed by atoms with van der Waals surface area (Å²) in [5, 5.41) is 4.12. The fourth-order valence-electron chi connectivity index (χ4n) is 1.30. The first-order chi connectivity index (χ1) is 8.38. The number of nitrogens with one attached hydrogen (secondary N) is 1.